The van der Waals surface area contributed by atoms with Crippen molar-refractivity contribution in [2.45, 2.75) is 50.7 Å². The maximum atomic E-state index is 11.9. The summed E-state index contributed by atoms with van der Waals surface area (Å²) in [5.41, 5.74) is -0.626. The molecule has 1 saturated carbocycles. The summed E-state index contributed by atoms with van der Waals surface area (Å²) in [5, 5.41) is 12.7. The van der Waals surface area contributed by atoms with Crippen molar-refractivity contribution in [2.75, 3.05) is 20.6 Å². The second-order valence-corrected chi connectivity index (χ2v) is 5.06. The zero-order chi connectivity index (χ0) is 12.2. The van der Waals surface area contributed by atoms with E-state index in [4.69, 9.17) is 0 Å². The Bertz CT molecular complexity index is 237. The first-order valence-corrected chi connectivity index (χ1v) is 6.15. The summed E-state index contributed by atoms with van der Waals surface area (Å²) >= 11 is 0. The van der Waals surface area contributed by atoms with E-state index in [1.807, 2.05) is 19.0 Å². The molecular formula is C12H24N2O2. The second-order valence-electron chi connectivity index (χ2n) is 5.06. The third kappa shape index (κ3) is 3.46. The number of aliphatic hydroxyl groups is 1. The van der Waals surface area contributed by atoms with E-state index in [1.165, 1.54) is 0 Å². The molecule has 4 nitrogen and oxygen atoms in total. The van der Waals surface area contributed by atoms with E-state index in [0.29, 0.717) is 6.54 Å². The molecule has 4 heteroatoms. The van der Waals surface area contributed by atoms with Crippen LogP contribution in [0.15, 0.2) is 0 Å². The van der Waals surface area contributed by atoms with Gasteiger partial charge in [-0.2, -0.15) is 0 Å². The molecule has 16 heavy (non-hydrogen) atoms. The fraction of sp³-hybridized carbons (Fsp3) is 0.917. The zero-order valence-electron chi connectivity index (χ0n) is 10.6. The quantitative estimate of drug-likeness (QED) is 0.705. The van der Waals surface area contributed by atoms with Crippen LogP contribution in [-0.4, -0.2) is 48.2 Å². The molecule has 1 atom stereocenters. The van der Waals surface area contributed by atoms with Crippen LogP contribution < -0.4 is 5.32 Å². The lowest BCUT2D eigenvalue weighted by molar-refractivity contribution is -0.128. The third-order valence-corrected chi connectivity index (χ3v) is 3.36. The van der Waals surface area contributed by atoms with Crippen LogP contribution in [0.2, 0.25) is 0 Å². The molecule has 0 aromatic rings. The van der Waals surface area contributed by atoms with E-state index in [-0.39, 0.29) is 11.9 Å². The smallest absolute Gasteiger partial charge is 0.237 e. The standard InChI is InChI=1S/C12H24N2O2/c1-4-6-10(14(2)3)11(15)13-9-12(16)7-5-8-12/h10,16H,4-9H2,1-3H3,(H,13,15). The lowest BCUT2D eigenvalue weighted by Crippen LogP contribution is -2.52. The molecule has 0 spiro atoms. The Morgan fingerprint density at radius 1 is 1.50 bits per heavy atom. The van der Waals surface area contributed by atoms with Gasteiger partial charge in [0, 0.05) is 6.54 Å². The Kier molecular flexibility index (Phi) is 4.74. The number of likely N-dealkylation sites (N-methyl/N-ethyl adjacent to an activating group) is 1. The number of hydrogen-bond acceptors (Lipinski definition) is 3. The first-order valence-electron chi connectivity index (χ1n) is 6.15. The van der Waals surface area contributed by atoms with Crippen LogP contribution in [0, 0.1) is 0 Å². The molecule has 1 aliphatic carbocycles. The molecule has 1 aliphatic rings. The highest BCUT2D eigenvalue weighted by Crippen LogP contribution is 2.30. The van der Waals surface area contributed by atoms with Crippen molar-refractivity contribution in [3.8, 4) is 0 Å². The fourth-order valence-corrected chi connectivity index (χ4v) is 2.03. The largest absolute Gasteiger partial charge is 0.388 e. The van der Waals surface area contributed by atoms with Gasteiger partial charge in [-0.15, -0.1) is 0 Å². The summed E-state index contributed by atoms with van der Waals surface area (Å²) in [7, 11) is 3.83. The molecule has 0 aromatic heterocycles. The van der Waals surface area contributed by atoms with Crippen LogP contribution in [-0.2, 0) is 4.79 Å². The van der Waals surface area contributed by atoms with Gasteiger partial charge in [0.05, 0.1) is 11.6 Å². The summed E-state index contributed by atoms with van der Waals surface area (Å²) in [6, 6.07) is -0.0753. The number of amides is 1. The number of carbonyl (C=O) groups excluding carboxylic acids is 1. The predicted molar refractivity (Wildman–Crippen MR) is 64.2 cm³/mol. The summed E-state index contributed by atoms with van der Waals surface area (Å²) in [4.78, 5) is 13.8. The number of hydrogen-bond donors (Lipinski definition) is 2. The van der Waals surface area contributed by atoms with Crippen molar-refractivity contribution in [1.29, 1.82) is 0 Å². The summed E-state index contributed by atoms with van der Waals surface area (Å²) < 4.78 is 0. The van der Waals surface area contributed by atoms with E-state index in [0.717, 1.165) is 32.1 Å². The Morgan fingerprint density at radius 2 is 2.12 bits per heavy atom. The molecule has 1 unspecified atom stereocenters. The van der Waals surface area contributed by atoms with E-state index in [9.17, 15) is 9.90 Å². The molecule has 0 aliphatic heterocycles. The van der Waals surface area contributed by atoms with Crippen LogP contribution in [0.1, 0.15) is 39.0 Å². The van der Waals surface area contributed by atoms with Gasteiger partial charge in [-0.05, 0) is 39.8 Å². The topological polar surface area (TPSA) is 52.6 Å². The average molecular weight is 228 g/mol. The summed E-state index contributed by atoms with van der Waals surface area (Å²) in [5.74, 6) is 0.0344. The van der Waals surface area contributed by atoms with E-state index in [2.05, 4.69) is 12.2 Å². The van der Waals surface area contributed by atoms with Crippen molar-refractivity contribution >= 4 is 5.91 Å². The predicted octanol–water partition coefficient (Wildman–Crippen LogP) is 0.748. The summed E-state index contributed by atoms with van der Waals surface area (Å²) in [6.07, 6.45) is 4.54. The Morgan fingerprint density at radius 3 is 2.50 bits per heavy atom. The van der Waals surface area contributed by atoms with E-state index < -0.39 is 5.60 Å². The first kappa shape index (κ1) is 13.5. The lowest BCUT2D eigenvalue weighted by Gasteiger charge is -2.37. The Hall–Kier alpha value is -0.610. The molecular weight excluding hydrogens is 204 g/mol. The van der Waals surface area contributed by atoms with Crippen molar-refractivity contribution in [3.05, 3.63) is 0 Å². The van der Waals surface area contributed by atoms with Gasteiger partial charge in [0.2, 0.25) is 5.91 Å². The number of nitrogens with zero attached hydrogens (tertiary/aromatic N) is 1. The Balaban J connectivity index is 2.36. The number of carbonyl (C=O) groups is 1. The van der Waals surface area contributed by atoms with E-state index in [1.54, 1.807) is 0 Å². The van der Waals surface area contributed by atoms with Gasteiger partial charge in [-0.1, -0.05) is 13.3 Å². The van der Waals surface area contributed by atoms with Crippen LogP contribution in [0.25, 0.3) is 0 Å². The maximum Gasteiger partial charge on any atom is 0.237 e. The summed E-state index contributed by atoms with van der Waals surface area (Å²) in [6.45, 7) is 2.48. The van der Waals surface area contributed by atoms with Crippen molar-refractivity contribution in [1.82, 2.24) is 10.2 Å². The highest BCUT2D eigenvalue weighted by atomic mass is 16.3. The molecule has 0 radical (unpaired) electrons. The average Bonchev–Trinajstić information content (AvgIpc) is 2.19. The molecule has 94 valence electrons. The van der Waals surface area contributed by atoms with Gasteiger partial charge in [0.25, 0.3) is 0 Å². The molecule has 1 rings (SSSR count). The highest BCUT2D eigenvalue weighted by Gasteiger charge is 2.35. The van der Waals surface area contributed by atoms with Crippen LogP contribution in [0.5, 0.6) is 0 Å². The van der Waals surface area contributed by atoms with Gasteiger partial charge in [-0.3, -0.25) is 9.69 Å². The van der Waals surface area contributed by atoms with Gasteiger partial charge >= 0.3 is 0 Å². The van der Waals surface area contributed by atoms with E-state index >= 15 is 0 Å². The number of nitrogens with one attached hydrogen (secondary N) is 1. The van der Waals surface area contributed by atoms with Gasteiger partial charge in [0.15, 0.2) is 0 Å². The van der Waals surface area contributed by atoms with Crippen molar-refractivity contribution in [2.24, 2.45) is 0 Å². The molecule has 0 heterocycles. The monoisotopic (exact) mass is 228 g/mol. The molecule has 2 N–H and O–H groups in total. The lowest BCUT2D eigenvalue weighted by atomic mass is 9.80. The zero-order valence-corrected chi connectivity index (χ0v) is 10.6. The molecule has 1 amide bonds. The Labute approximate surface area is 98.0 Å². The minimum atomic E-state index is -0.626. The minimum Gasteiger partial charge on any atom is -0.388 e. The molecule has 0 aromatic carbocycles. The fourth-order valence-electron chi connectivity index (χ4n) is 2.03. The van der Waals surface area contributed by atoms with Gasteiger partial charge in [0.1, 0.15) is 0 Å². The van der Waals surface area contributed by atoms with Crippen molar-refractivity contribution in [3.63, 3.8) is 0 Å². The van der Waals surface area contributed by atoms with Crippen molar-refractivity contribution < 1.29 is 9.90 Å². The van der Waals surface area contributed by atoms with Crippen LogP contribution >= 0.6 is 0 Å². The molecule has 1 fully saturated rings. The third-order valence-electron chi connectivity index (χ3n) is 3.36. The normalized spacial score (nSPS) is 20.3. The van der Waals surface area contributed by atoms with Gasteiger partial charge in [-0.25, -0.2) is 0 Å². The number of rotatable bonds is 6. The first-order chi connectivity index (χ1) is 7.48. The molecule has 0 bridgehead atoms. The maximum absolute atomic E-state index is 11.9. The minimum absolute atomic E-state index is 0.0344. The molecule has 0 saturated heterocycles. The van der Waals surface area contributed by atoms with Crippen LogP contribution in [0.3, 0.4) is 0 Å². The highest BCUT2D eigenvalue weighted by molar-refractivity contribution is 5.81. The SMILES string of the molecule is CCCC(C(=O)NCC1(O)CCC1)N(C)C. The van der Waals surface area contributed by atoms with Gasteiger partial charge < -0.3 is 10.4 Å². The van der Waals surface area contributed by atoms with Crippen LogP contribution in [0.4, 0.5) is 0 Å². The second kappa shape index (κ2) is 5.64.